The van der Waals surface area contributed by atoms with E-state index in [2.05, 4.69) is 10.6 Å². The maximum absolute atomic E-state index is 13.5. The maximum atomic E-state index is 13.5. The van der Waals surface area contributed by atoms with Crippen molar-refractivity contribution in [2.24, 2.45) is 0 Å². The molecule has 0 saturated carbocycles. The van der Waals surface area contributed by atoms with Crippen LogP contribution in [0.2, 0.25) is 0 Å². The number of benzene rings is 2. The monoisotopic (exact) mass is 391 g/mol. The van der Waals surface area contributed by atoms with Gasteiger partial charge >= 0.3 is 0 Å². The Kier molecular flexibility index (Phi) is 8.16. The van der Waals surface area contributed by atoms with E-state index in [1.54, 1.807) is 19.2 Å². The van der Waals surface area contributed by atoms with Gasteiger partial charge in [0.2, 0.25) is 5.91 Å². The van der Waals surface area contributed by atoms with Crippen LogP contribution in [0.5, 0.6) is 5.75 Å². The fourth-order valence-electron chi connectivity index (χ4n) is 2.36. The molecule has 0 atom stereocenters. The van der Waals surface area contributed by atoms with Gasteiger partial charge in [0, 0.05) is 44.0 Å². The summed E-state index contributed by atoms with van der Waals surface area (Å²) >= 11 is 0. The minimum absolute atomic E-state index is 0.0172. The molecule has 0 saturated heterocycles. The van der Waals surface area contributed by atoms with Gasteiger partial charge in [-0.05, 0) is 30.7 Å². The van der Waals surface area contributed by atoms with Crippen molar-refractivity contribution in [2.45, 2.75) is 12.8 Å². The lowest BCUT2D eigenvalue weighted by atomic mass is 10.2. The fraction of sp³-hybridized carbons (Fsp3) is 0.316. The zero-order valence-electron chi connectivity index (χ0n) is 15.4. The first-order valence-corrected chi connectivity index (χ1v) is 8.69. The summed E-state index contributed by atoms with van der Waals surface area (Å²) in [6.45, 7) is 1.16. The summed E-state index contributed by atoms with van der Waals surface area (Å²) in [6.07, 6.45) is 0.742. The minimum Gasteiger partial charge on any atom is -0.489 e. The molecule has 0 heterocycles. The first kappa shape index (κ1) is 21.1. The normalized spacial score (nSPS) is 10.4. The van der Waals surface area contributed by atoms with Gasteiger partial charge < -0.3 is 20.1 Å². The van der Waals surface area contributed by atoms with Crippen molar-refractivity contribution in [3.63, 3.8) is 0 Å². The van der Waals surface area contributed by atoms with E-state index in [0.717, 1.165) is 5.69 Å². The largest absolute Gasteiger partial charge is 0.489 e. The van der Waals surface area contributed by atoms with E-state index in [-0.39, 0.29) is 30.3 Å². The minimum atomic E-state index is -0.478. The van der Waals surface area contributed by atoms with Gasteiger partial charge in [-0.15, -0.1) is 0 Å². The van der Waals surface area contributed by atoms with Crippen LogP contribution in [0, 0.1) is 15.9 Å². The van der Waals surface area contributed by atoms with Crippen LogP contribution >= 0.6 is 0 Å². The molecule has 150 valence electrons. The molecule has 0 spiro atoms. The predicted molar refractivity (Wildman–Crippen MR) is 103 cm³/mol. The topological polar surface area (TPSA) is 103 Å². The molecule has 8 nitrogen and oxygen atoms in total. The molecule has 0 aliphatic heterocycles. The van der Waals surface area contributed by atoms with Gasteiger partial charge in [-0.2, -0.15) is 0 Å². The number of non-ortho nitro benzene ring substituents is 1. The molecule has 0 fully saturated rings. The summed E-state index contributed by atoms with van der Waals surface area (Å²) < 4.78 is 23.9. The van der Waals surface area contributed by atoms with Gasteiger partial charge in [0.05, 0.1) is 17.2 Å². The van der Waals surface area contributed by atoms with Gasteiger partial charge in [0.15, 0.2) is 0 Å². The van der Waals surface area contributed by atoms with Gasteiger partial charge in [0.25, 0.3) is 5.69 Å². The second-order valence-corrected chi connectivity index (χ2v) is 5.86. The fourth-order valence-corrected chi connectivity index (χ4v) is 2.36. The van der Waals surface area contributed by atoms with Gasteiger partial charge in [-0.25, -0.2) is 4.39 Å². The van der Waals surface area contributed by atoms with Crippen molar-refractivity contribution in [1.29, 1.82) is 0 Å². The molecule has 0 aliphatic rings. The van der Waals surface area contributed by atoms with E-state index in [9.17, 15) is 19.3 Å². The molecule has 2 aromatic rings. The molecule has 2 N–H and O–H groups in total. The lowest BCUT2D eigenvalue weighted by Gasteiger charge is -2.13. The number of nitrogens with zero attached hydrogens (tertiary/aromatic N) is 1. The highest BCUT2D eigenvalue weighted by molar-refractivity contribution is 5.92. The lowest BCUT2D eigenvalue weighted by Crippen LogP contribution is -2.15. The Morgan fingerprint density at radius 1 is 1.18 bits per heavy atom. The second-order valence-electron chi connectivity index (χ2n) is 5.86. The molecule has 1 amide bonds. The third-order valence-corrected chi connectivity index (χ3v) is 3.75. The zero-order chi connectivity index (χ0) is 20.4. The van der Waals surface area contributed by atoms with E-state index in [1.807, 2.05) is 0 Å². The number of nitrogens with one attached hydrogen (secondary N) is 2. The Bertz CT molecular complexity index is 799. The molecule has 0 aliphatic carbocycles. The number of ether oxygens (including phenoxy) is 2. The molecule has 28 heavy (non-hydrogen) atoms. The molecule has 9 heteroatoms. The molecule has 2 aromatic carbocycles. The van der Waals surface area contributed by atoms with Crippen molar-refractivity contribution in [2.75, 3.05) is 37.5 Å². The SMILES string of the molecule is COCCOc1ccc(F)cc1NC(=O)CCCNc1ccc([N+](=O)[O-])cc1. The summed E-state index contributed by atoms with van der Waals surface area (Å²) in [5.74, 6) is -0.377. The Morgan fingerprint density at radius 3 is 2.61 bits per heavy atom. The van der Waals surface area contributed by atoms with Crippen LogP contribution < -0.4 is 15.4 Å². The van der Waals surface area contributed by atoms with E-state index in [0.29, 0.717) is 25.3 Å². The van der Waals surface area contributed by atoms with Crippen molar-refractivity contribution < 1.29 is 23.6 Å². The van der Waals surface area contributed by atoms with Crippen LogP contribution in [0.15, 0.2) is 42.5 Å². The Labute approximate surface area is 161 Å². The van der Waals surface area contributed by atoms with E-state index < -0.39 is 10.7 Å². The smallest absolute Gasteiger partial charge is 0.269 e. The standard InChI is InChI=1S/C19H22FN3O5/c1-27-11-12-28-18-9-4-14(20)13-17(18)22-19(24)3-2-10-21-15-5-7-16(8-6-15)23(25)26/h4-9,13,21H,2-3,10-12H2,1H3,(H,22,24). The number of carbonyl (C=O) groups excluding carboxylic acids is 1. The first-order valence-electron chi connectivity index (χ1n) is 8.69. The number of rotatable bonds is 11. The Morgan fingerprint density at radius 2 is 1.93 bits per heavy atom. The van der Waals surface area contributed by atoms with Crippen LogP contribution in [-0.4, -0.2) is 37.7 Å². The van der Waals surface area contributed by atoms with Crippen LogP contribution in [0.25, 0.3) is 0 Å². The summed E-state index contributed by atoms with van der Waals surface area (Å²) in [6, 6.07) is 9.94. The number of nitro groups is 1. The van der Waals surface area contributed by atoms with Gasteiger partial charge in [0.1, 0.15) is 18.2 Å². The van der Waals surface area contributed by atoms with E-state index in [4.69, 9.17) is 9.47 Å². The number of halogens is 1. The lowest BCUT2D eigenvalue weighted by molar-refractivity contribution is -0.384. The molecular formula is C19H22FN3O5. The number of nitro benzene ring substituents is 1. The average molecular weight is 391 g/mol. The summed E-state index contributed by atoms with van der Waals surface area (Å²) in [5.41, 5.74) is 1.01. The van der Waals surface area contributed by atoms with Crippen LogP contribution in [-0.2, 0) is 9.53 Å². The first-order chi connectivity index (χ1) is 13.5. The molecule has 2 rings (SSSR count). The third-order valence-electron chi connectivity index (χ3n) is 3.75. The quantitative estimate of drug-likeness (QED) is 0.345. The summed E-state index contributed by atoms with van der Waals surface area (Å²) in [7, 11) is 1.54. The highest BCUT2D eigenvalue weighted by atomic mass is 19.1. The van der Waals surface area contributed by atoms with Crippen molar-refractivity contribution in [1.82, 2.24) is 0 Å². The van der Waals surface area contributed by atoms with E-state index in [1.165, 1.54) is 30.3 Å². The third kappa shape index (κ3) is 6.84. The van der Waals surface area contributed by atoms with Crippen molar-refractivity contribution in [3.8, 4) is 5.75 Å². The number of amides is 1. The van der Waals surface area contributed by atoms with Gasteiger partial charge in [-0.3, -0.25) is 14.9 Å². The Balaban J connectivity index is 1.79. The van der Waals surface area contributed by atoms with Crippen LogP contribution in [0.4, 0.5) is 21.5 Å². The predicted octanol–water partition coefficient (Wildman–Crippen LogP) is 3.59. The highest BCUT2D eigenvalue weighted by Gasteiger charge is 2.10. The van der Waals surface area contributed by atoms with Crippen molar-refractivity contribution >= 4 is 23.0 Å². The number of carbonyl (C=O) groups is 1. The number of hydrogen-bond acceptors (Lipinski definition) is 6. The number of methoxy groups -OCH3 is 1. The second kappa shape index (κ2) is 10.8. The highest BCUT2D eigenvalue weighted by Crippen LogP contribution is 2.25. The van der Waals surface area contributed by atoms with E-state index >= 15 is 0 Å². The summed E-state index contributed by atoms with van der Waals surface area (Å²) in [4.78, 5) is 22.3. The summed E-state index contributed by atoms with van der Waals surface area (Å²) in [5, 5.41) is 16.4. The van der Waals surface area contributed by atoms with Crippen molar-refractivity contribution in [3.05, 3.63) is 58.4 Å². The van der Waals surface area contributed by atoms with Crippen LogP contribution in [0.3, 0.4) is 0 Å². The van der Waals surface area contributed by atoms with Gasteiger partial charge in [-0.1, -0.05) is 0 Å². The molecule has 0 aromatic heterocycles. The number of anilines is 2. The van der Waals surface area contributed by atoms with Crippen LogP contribution in [0.1, 0.15) is 12.8 Å². The molecular weight excluding hydrogens is 369 g/mol. The number of hydrogen-bond donors (Lipinski definition) is 2. The Hall–Kier alpha value is -3.20. The molecule has 0 bridgehead atoms. The average Bonchev–Trinajstić information content (AvgIpc) is 2.67. The maximum Gasteiger partial charge on any atom is 0.269 e. The molecule has 0 radical (unpaired) electrons. The molecule has 0 unspecified atom stereocenters. The zero-order valence-corrected chi connectivity index (χ0v) is 15.4.